The number of hydrogen-bond donors (Lipinski definition) is 0. The molecule has 2 aromatic carbocycles. The predicted molar refractivity (Wildman–Crippen MR) is 125 cm³/mol. The predicted octanol–water partition coefficient (Wildman–Crippen LogP) is 4.34. The maximum absolute atomic E-state index is 13.0. The summed E-state index contributed by atoms with van der Waals surface area (Å²) in [6.07, 6.45) is 7.99. The van der Waals surface area contributed by atoms with Crippen molar-refractivity contribution in [1.82, 2.24) is 14.5 Å². The van der Waals surface area contributed by atoms with Gasteiger partial charge in [0.25, 0.3) is 0 Å². The van der Waals surface area contributed by atoms with Crippen molar-refractivity contribution >= 4 is 11.6 Å². The molecule has 1 aliphatic rings. The van der Waals surface area contributed by atoms with E-state index in [1.807, 2.05) is 72.0 Å². The zero-order valence-corrected chi connectivity index (χ0v) is 18.3. The van der Waals surface area contributed by atoms with Crippen molar-refractivity contribution < 1.29 is 4.79 Å². The molecule has 0 saturated carbocycles. The SMILES string of the molecule is CCC/C=C1/CN(c2ccccc2)C(=O)CN1Cc1cncn1Cc1ccc(C#N)cc1. The Balaban J connectivity index is 1.52. The van der Waals surface area contributed by atoms with Gasteiger partial charge in [0.15, 0.2) is 0 Å². The Hall–Kier alpha value is -3.85. The third kappa shape index (κ3) is 4.89. The summed E-state index contributed by atoms with van der Waals surface area (Å²) in [7, 11) is 0. The first-order valence-electron chi connectivity index (χ1n) is 11.0. The Labute approximate surface area is 189 Å². The standard InChI is InChI=1S/C26H27N5O/c1-2-3-7-24-18-31(23-8-5-4-6-9-23)26(32)19-29(24)17-25-15-28-20-30(25)16-22-12-10-21(14-27)11-13-22/h4-13,15,20H,2-3,16-19H2,1H3/b24-7-. The highest BCUT2D eigenvalue weighted by Gasteiger charge is 2.28. The highest BCUT2D eigenvalue weighted by Crippen LogP contribution is 2.24. The molecule has 0 radical (unpaired) electrons. The fourth-order valence-electron chi connectivity index (χ4n) is 3.90. The summed E-state index contributed by atoms with van der Waals surface area (Å²) in [4.78, 5) is 21.4. The molecule has 32 heavy (non-hydrogen) atoms. The average Bonchev–Trinajstić information content (AvgIpc) is 3.26. The first kappa shape index (κ1) is 21.4. The fraction of sp³-hybridized carbons (Fsp3) is 0.269. The number of piperazine rings is 1. The summed E-state index contributed by atoms with van der Waals surface area (Å²) < 4.78 is 2.10. The van der Waals surface area contributed by atoms with E-state index in [0.29, 0.717) is 31.7 Å². The van der Waals surface area contributed by atoms with Crippen LogP contribution in [0.25, 0.3) is 0 Å². The molecule has 6 nitrogen and oxygen atoms in total. The number of rotatable bonds is 7. The van der Waals surface area contributed by atoms with Crippen LogP contribution in [-0.4, -0.2) is 33.4 Å². The molecule has 2 heterocycles. The molecule has 0 N–H and O–H groups in total. The second-order valence-electron chi connectivity index (χ2n) is 7.98. The van der Waals surface area contributed by atoms with E-state index in [1.54, 1.807) is 0 Å². The van der Waals surface area contributed by atoms with E-state index in [9.17, 15) is 4.79 Å². The Kier molecular flexibility index (Phi) is 6.66. The number of nitrogens with zero attached hydrogens (tertiary/aromatic N) is 5. The van der Waals surface area contributed by atoms with Crippen LogP contribution in [-0.2, 0) is 17.9 Å². The van der Waals surface area contributed by atoms with Crippen LogP contribution in [0.5, 0.6) is 0 Å². The minimum atomic E-state index is 0.100. The zero-order chi connectivity index (χ0) is 22.3. The monoisotopic (exact) mass is 425 g/mol. The molecule has 0 atom stereocenters. The number of carbonyl (C=O) groups is 1. The van der Waals surface area contributed by atoms with E-state index >= 15 is 0 Å². The molecule has 0 bridgehead atoms. The molecule has 0 spiro atoms. The summed E-state index contributed by atoms with van der Waals surface area (Å²) in [5, 5.41) is 9.00. The Morgan fingerprint density at radius 1 is 1.06 bits per heavy atom. The van der Waals surface area contributed by atoms with Crippen LogP contribution in [0.4, 0.5) is 5.69 Å². The van der Waals surface area contributed by atoms with Gasteiger partial charge in [-0.05, 0) is 36.2 Å². The van der Waals surface area contributed by atoms with Gasteiger partial charge in [0.05, 0.1) is 43.3 Å². The van der Waals surface area contributed by atoms with Crippen molar-refractivity contribution in [3.63, 3.8) is 0 Å². The number of aromatic nitrogens is 2. The van der Waals surface area contributed by atoms with Crippen LogP contribution in [0.15, 0.2) is 78.9 Å². The highest BCUT2D eigenvalue weighted by molar-refractivity contribution is 5.96. The second kappa shape index (κ2) is 9.97. The Morgan fingerprint density at radius 3 is 2.56 bits per heavy atom. The van der Waals surface area contributed by atoms with Crippen molar-refractivity contribution in [2.45, 2.75) is 32.9 Å². The van der Waals surface area contributed by atoms with E-state index in [4.69, 9.17) is 5.26 Å². The number of nitriles is 1. The highest BCUT2D eigenvalue weighted by atomic mass is 16.2. The summed E-state index contributed by atoms with van der Waals surface area (Å²) in [6.45, 7) is 4.38. The maximum atomic E-state index is 13.0. The molecule has 1 fully saturated rings. The molecular weight excluding hydrogens is 398 g/mol. The lowest BCUT2D eigenvalue weighted by molar-refractivity contribution is -0.120. The minimum Gasteiger partial charge on any atom is -0.358 e. The number of benzene rings is 2. The molecule has 0 aliphatic carbocycles. The molecule has 3 aromatic rings. The number of hydrogen-bond acceptors (Lipinski definition) is 4. The maximum Gasteiger partial charge on any atom is 0.246 e. The number of amides is 1. The zero-order valence-electron chi connectivity index (χ0n) is 18.3. The number of para-hydroxylation sites is 1. The molecule has 162 valence electrons. The van der Waals surface area contributed by atoms with Gasteiger partial charge in [0.2, 0.25) is 5.91 Å². The van der Waals surface area contributed by atoms with Gasteiger partial charge < -0.3 is 14.4 Å². The number of carbonyl (C=O) groups excluding carboxylic acids is 1. The van der Waals surface area contributed by atoms with E-state index in [-0.39, 0.29) is 5.91 Å². The summed E-state index contributed by atoms with van der Waals surface area (Å²) >= 11 is 0. The number of anilines is 1. The van der Waals surface area contributed by atoms with Crippen molar-refractivity contribution in [3.05, 3.63) is 95.7 Å². The van der Waals surface area contributed by atoms with E-state index in [2.05, 4.69) is 33.5 Å². The van der Waals surface area contributed by atoms with Gasteiger partial charge in [-0.1, -0.05) is 49.8 Å². The van der Waals surface area contributed by atoms with Crippen molar-refractivity contribution in [2.24, 2.45) is 0 Å². The fourth-order valence-corrected chi connectivity index (χ4v) is 3.90. The van der Waals surface area contributed by atoms with Crippen LogP contribution in [0, 0.1) is 11.3 Å². The quantitative estimate of drug-likeness (QED) is 0.565. The first-order valence-corrected chi connectivity index (χ1v) is 11.0. The van der Waals surface area contributed by atoms with Crippen LogP contribution in [0.2, 0.25) is 0 Å². The summed E-state index contributed by atoms with van der Waals surface area (Å²) in [5.74, 6) is 0.100. The lowest BCUT2D eigenvalue weighted by Crippen LogP contribution is -2.48. The largest absolute Gasteiger partial charge is 0.358 e. The Bertz CT molecular complexity index is 1130. The van der Waals surface area contributed by atoms with Gasteiger partial charge >= 0.3 is 0 Å². The third-order valence-corrected chi connectivity index (χ3v) is 5.68. The average molecular weight is 426 g/mol. The van der Waals surface area contributed by atoms with Crippen molar-refractivity contribution in [1.29, 1.82) is 5.26 Å². The van der Waals surface area contributed by atoms with E-state index in [0.717, 1.165) is 29.8 Å². The van der Waals surface area contributed by atoms with Crippen molar-refractivity contribution in [2.75, 3.05) is 18.0 Å². The summed E-state index contributed by atoms with van der Waals surface area (Å²) in [6, 6.07) is 19.6. The van der Waals surface area contributed by atoms with E-state index in [1.165, 1.54) is 5.70 Å². The van der Waals surface area contributed by atoms with Gasteiger partial charge in [-0.3, -0.25) is 4.79 Å². The number of unbranched alkanes of at least 4 members (excludes halogenated alkanes) is 1. The molecular formula is C26H27N5O. The molecule has 6 heteroatoms. The lowest BCUT2D eigenvalue weighted by Gasteiger charge is -2.38. The van der Waals surface area contributed by atoms with Crippen LogP contribution < -0.4 is 4.90 Å². The Morgan fingerprint density at radius 2 is 1.84 bits per heavy atom. The topological polar surface area (TPSA) is 65.2 Å². The van der Waals surface area contributed by atoms with Crippen molar-refractivity contribution in [3.8, 4) is 6.07 Å². The molecule has 1 aliphatic heterocycles. The normalized spacial score (nSPS) is 15.2. The van der Waals surface area contributed by atoms with Crippen LogP contribution in [0.3, 0.4) is 0 Å². The van der Waals surface area contributed by atoms with E-state index < -0.39 is 0 Å². The first-order chi connectivity index (χ1) is 15.7. The smallest absolute Gasteiger partial charge is 0.246 e. The van der Waals surface area contributed by atoms with Gasteiger partial charge in [-0.15, -0.1) is 0 Å². The molecule has 4 rings (SSSR count). The molecule has 0 unspecified atom stereocenters. The lowest BCUT2D eigenvalue weighted by atomic mass is 10.1. The molecule has 1 amide bonds. The van der Waals surface area contributed by atoms with Crippen LogP contribution >= 0.6 is 0 Å². The summed E-state index contributed by atoms with van der Waals surface area (Å²) in [5.41, 5.74) is 4.92. The van der Waals surface area contributed by atoms with Gasteiger partial charge in [-0.25, -0.2) is 4.98 Å². The van der Waals surface area contributed by atoms with Crippen LogP contribution in [0.1, 0.15) is 36.6 Å². The van der Waals surface area contributed by atoms with Gasteiger partial charge in [0.1, 0.15) is 0 Å². The number of imidazole rings is 1. The van der Waals surface area contributed by atoms with Gasteiger partial charge in [0, 0.05) is 24.1 Å². The second-order valence-corrected chi connectivity index (χ2v) is 7.98. The number of allylic oxidation sites excluding steroid dienone is 1. The van der Waals surface area contributed by atoms with Gasteiger partial charge in [-0.2, -0.15) is 5.26 Å². The molecule has 1 saturated heterocycles. The third-order valence-electron chi connectivity index (χ3n) is 5.68. The molecule has 1 aromatic heterocycles. The minimum absolute atomic E-state index is 0.100.